The highest BCUT2D eigenvalue weighted by Crippen LogP contribution is 2.30. The first-order valence-corrected chi connectivity index (χ1v) is 5.26. The van der Waals surface area contributed by atoms with Gasteiger partial charge in [-0.25, -0.2) is 0 Å². The maximum atomic E-state index is 5.71. The van der Waals surface area contributed by atoms with Gasteiger partial charge < -0.3 is 14.2 Å². The molecule has 0 radical (unpaired) electrons. The van der Waals surface area contributed by atoms with Crippen LogP contribution in [0.1, 0.15) is 6.92 Å². The van der Waals surface area contributed by atoms with Gasteiger partial charge in [-0.1, -0.05) is 18.1 Å². The van der Waals surface area contributed by atoms with Crippen LogP contribution in [0, 0.1) is 11.8 Å². The quantitative estimate of drug-likeness (QED) is 0.572. The molecule has 16 heavy (non-hydrogen) atoms. The molecular weight excluding hydrogens is 204 g/mol. The first-order valence-electron chi connectivity index (χ1n) is 5.26. The molecule has 0 spiro atoms. The van der Waals surface area contributed by atoms with E-state index in [2.05, 4.69) is 11.8 Å². The summed E-state index contributed by atoms with van der Waals surface area (Å²) >= 11 is 0. The van der Waals surface area contributed by atoms with Gasteiger partial charge in [0.15, 0.2) is 17.6 Å². The maximum absolute atomic E-state index is 5.71. The normalized spacial score (nSPS) is 17.4. The molecule has 0 aromatic heterocycles. The van der Waals surface area contributed by atoms with Crippen molar-refractivity contribution in [1.29, 1.82) is 0 Å². The molecule has 1 aliphatic rings. The highest BCUT2D eigenvalue weighted by molar-refractivity contribution is 5.40. The lowest BCUT2D eigenvalue weighted by atomic mass is 10.3. The lowest BCUT2D eigenvalue weighted by Gasteiger charge is -2.25. The first-order chi connectivity index (χ1) is 7.90. The third-order valence-corrected chi connectivity index (χ3v) is 2.22. The Hall–Kier alpha value is -1.66. The van der Waals surface area contributed by atoms with E-state index in [-0.39, 0.29) is 6.10 Å². The molecule has 1 aromatic carbocycles. The second-order valence-electron chi connectivity index (χ2n) is 3.44. The third-order valence-electron chi connectivity index (χ3n) is 2.22. The van der Waals surface area contributed by atoms with Crippen LogP contribution in [-0.4, -0.2) is 25.9 Å². The predicted molar refractivity (Wildman–Crippen MR) is 60.6 cm³/mol. The zero-order valence-electron chi connectivity index (χ0n) is 9.23. The Balaban J connectivity index is 1.85. The lowest BCUT2D eigenvalue weighted by molar-refractivity contribution is 0.0185. The Kier molecular flexibility index (Phi) is 3.68. The van der Waals surface area contributed by atoms with Crippen molar-refractivity contribution >= 4 is 0 Å². The molecule has 3 nitrogen and oxygen atoms in total. The van der Waals surface area contributed by atoms with Crippen molar-refractivity contribution in [1.82, 2.24) is 0 Å². The molecule has 0 N–H and O–H groups in total. The Labute approximate surface area is 95.3 Å². The molecule has 0 bridgehead atoms. The van der Waals surface area contributed by atoms with Crippen LogP contribution in [0.5, 0.6) is 11.5 Å². The molecule has 0 saturated heterocycles. The Morgan fingerprint density at radius 3 is 3.00 bits per heavy atom. The highest BCUT2D eigenvalue weighted by Gasteiger charge is 2.20. The molecule has 0 aliphatic carbocycles. The maximum Gasteiger partial charge on any atom is 0.161 e. The van der Waals surface area contributed by atoms with Crippen molar-refractivity contribution in [3.63, 3.8) is 0 Å². The molecule has 0 fully saturated rings. The number of rotatable bonds is 3. The molecule has 1 aliphatic heterocycles. The largest absolute Gasteiger partial charge is 0.486 e. The second-order valence-corrected chi connectivity index (χ2v) is 3.44. The summed E-state index contributed by atoms with van der Waals surface area (Å²) in [6.07, 6.45) is -0.0476. The minimum Gasteiger partial charge on any atom is -0.486 e. The van der Waals surface area contributed by atoms with Crippen LogP contribution in [0.2, 0.25) is 0 Å². The van der Waals surface area contributed by atoms with E-state index in [1.807, 2.05) is 24.3 Å². The van der Waals surface area contributed by atoms with Gasteiger partial charge in [-0.2, -0.15) is 0 Å². The second kappa shape index (κ2) is 5.43. The zero-order valence-corrected chi connectivity index (χ0v) is 9.23. The molecule has 1 unspecified atom stereocenters. The number of ether oxygens (including phenoxy) is 3. The average Bonchev–Trinajstić information content (AvgIpc) is 2.34. The van der Waals surface area contributed by atoms with Crippen molar-refractivity contribution in [2.75, 3.05) is 19.8 Å². The molecular formula is C13H14O3. The molecule has 1 heterocycles. The fourth-order valence-corrected chi connectivity index (χ4v) is 1.46. The van der Waals surface area contributed by atoms with E-state index in [1.54, 1.807) is 6.92 Å². The number of hydrogen-bond donors (Lipinski definition) is 0. The van der Waals surface area contributed by atoms with Crippen molar-refractivity contribution in [2.45, 2.75) is 13.0 Å². The van der Waals surface area contributed by atoms with Gasteiger partial charge in [-0.05, 0) is 19.1 Å². The number of hydrogen-bond acceptors (Lipinski definition) is 3. The fourth-order valence-electron chi connectivity index (χ4n) is 1.46. The number of para-hydroxylation sites is 2. The van der Waals surface area contributed by atoms with Gasteiger partial charge in [0.25, 0.3) is 0 Å². The van der Waals surface area contributed by atoms with Gasteiger partial charge in [0.2, 0.25) is 0 Å². The first kappa shape index (κ1) is 10.8. The summed E-state index contributed by atoms with van der Waals surface area (Å²) in [6, 6.07) is 7.64. The van der Waals surface area contributed by atoms with Crippen molar-refractivity contribution in [3.8, 4) is 23.3 Å². The van der Waals surface area contributed by atoms with E-state index in [9.17, 15) is 0 Å². The Bertz CT molecular complexity index is 403. The van der Waals surface area contributed by atoms with E-state index in [1.165, 1.54) is 0 Å². The van der Waals surface area contributed by atoms with E-state index in [0.29, 0.717) is 19.8 Å². The summed E-state index contributed by atoms with van der Waals surface area (Å²) in [6.45, 7) is 3.26. The molecule has 0 saturated carbocycles. The molecule has 1 atom stereocenters. The Morgan fingerprint density at radius 2 is 2.19 bits per heavy atom. The van der Waals surface area contributed by atoms with Crippen LogP contribution in [0.3, 0.4) is 0 Å². The third kappa shape index (κ3) is 2.68. The van der Waals surface area contributed by atoms with Crippen molar-refractivity contribution in [2.24, 2.45) is 0 Å². The summed E-state index contributed by atoms with van der Waals surface area (Å²) in [5.74, 6) is 7.19. The predicted octanol–water partition coefficient (Wildman–Crippen LogP) is 1.87. The minimum atomic E-state index is -0.0476. The van der Waals surface area contributed by atoms with Crippen LogP contribution in [0.25, 0.3) is 0 Å². The van der Waals surface area contributed by atoms with E-state index >= 15 is 0 Å². The van der Waals surface area contributed by atoms with Crippen molar-refractivity contribution < 1.29 is 14.2 Å². The summed E-state index contributed by atoms with van der Waals surface area (Å²) < 4.78 is 16.6. The van der Waals surface area contributed by atoms with Crippen LogP contribution in [0.15, 0.2) is 24.3 Å². The van der Waals surface area contributed by atoms with Crippen molar-refractivity contribution in [3.05, 3.63) is 24.3 Å². The summed E-state index contributed by atoms with van der Waals surface area (Å²) in [5, 5.41) is 0. The summed E-state index contributed by atoms with van der Waals surface area (Å²) in [5.41, 5.74) is 0. The van der Waals surface area contributed by atoms with E-state index in [0.717, 1.165) is 11.5 Å². The Morgan fingerprint density at radius 1 is 1.38 bits per heavy atom. The van der Waals surface area contributed by atoms with Gasteiger partial charge in [0.1, 0.15) is 13.2 Å². The highest BCUT2D eigenvalue weighted by atomic mass is 16.6. The molecule has 3 heteroatoms. The van der Waals surface area contributed by atoms with Crippen LogP contribution >= 0.6 is 0 Å². The van der Waals surface area contributed by atoms with Gasteiger partial charge in [-0.3, -0.25) is 0 Å². The van der Waals surface area contributed by atoms with Gasteiger partial charge >= 0.3 is 0 Å². The van der Waals surface area contributed by atoms with Gasteiger partial charge in [-0.15, -0.1) is 5.92 Å². The molecule has 1 aromatic rings. The number of benzene rings is 1. The standard InChI is InChI=1S/C13H14O3/c1-2-3-8-14-9-11-10-15-12-6-4-5-7-13(12)16-11/h4-7,11H,8-10H2,1H3. The zero-order chi connectivity index (χ0) is 11.2. The monoisotopic (exact) mass is 218 g/mol. The number of fused-ring (bicyclic) bond motifs is 1. The average molecular weight is 218 g/mol. The molecule has 0 amide bonds. The topological polar surface area (TPSA) is 27.7 Å². The van der Waals surface area contributed by atoms with E-state index < -0.39 is 0 Å². The fraction of sp³-hybridized carbons (Fsp3) is 0.385. The van der Waals surface area contributed by atoms with Gasteiger partial charge in [0, 0.05) is 0 Å². The minimum absolute atomic E-state index is 0.0476. The van der Waals surface area contributed by atoms with Crippen LogP contribution in [-0.2, 0) is 4.74 Å². The van der Waals surface area contributed by atoms with Gasteiger partial charge in [0.05, 0.1) is 6.61 Å². The summed E-state index contributed by atoms with van der Waals surface area (Å²) in [4.78, 5) is 0. The molecule has 2 rings (SSSR count). The van der Waals surface area contributed by atoms with Crippen LogP contribution in [0.4, 0.5) is 0 Å². The lowest BCUT2D eigenvalue weighted by Crippen LogP contribution is -2.33. The molecule has 84 valence electrons. The summed E-state index contributed by atoms with van der Waals surface area (Å²) in [7, 11) is 0. The van der Waals surface area contributed by atoms with E-state index in [4.69, 9.17) is 14.2 Å². The van der Waals surface area contributed by atoms with Crippen LogP contribution < -0.4 is 9.47 Å². The smallest absolute Gasteiger partial charge is 0.161 e. The SMILES string of the molecule is CC#CCOCC1COc2ccccc2O1.